The van der Waals surface area contributed by atoms with Crippen LogP contribution in [0.25, 0.3) is 0 Å². The molecule has 1 heterocycles. The van der Waals surface area contributed by atoms with Crippen molar-refractivity contribution in [3.8, 4) is 5.75 Å². The van der Waals surface area contributed by atoms with Gasteiger partial charge in [0.05, 0.1) is 19.8 Å². The van der Waals surface area contributed by atoms with Crippen molar-refractivity contribution in [3.05, 3.63) is 103 Å². The van der Waals surface area contributed by atoms with Gasteiger partial charge in [-0.3, -0.25) is 0 Å². The van der Waals surface area contributed by atoms with E-state index in [9.17, 15) is 0 Å². The van der Waals surface area contributed by atoms with E-state index in [0.29, 0.717) is 19.6 Å². The first-order valence-electron chi connectivity index (χ1n) is 19.0. The molecule has 0 radical (unpaired) electrons. The third kappa shape index (κ3) is 10.3. The predicted octanol–water partition coefficient (Wildman–Crippen LogP) is 9.67. The molecule has 0 aliphatic carbocycles. The molecule has 0 bridgehead atoms. The molecule has 3 aromatic carbocycles. The van der Waals surface area contributed by atoms with Gasteiger partial charge in [0, 0.05) is 12.7 Å². The quantitative estimate of drug-likeness (QED) is 0.108. The monoisotopic (exact) mass is 746 g/mol. The van der Waals surface area contributed by atoms with Gasteiger partial charge in [-0.2, -0.15) is 0 Å². The highest BCUT2D eigenvalue weighted by Crippen LogP contribution is 2.40. The van der Waals surface area contributed by atoms with Crippen LogP contribution in [0.5, 0.6) is 5.75 Å². The lowest BCUT2D eigenvalue weighted by atomic mass is 10.0. The third-order valence-corrected chi connectivity index (χ3v) is 20.5. The van der Waals surface area contributed by atoms with Gasteiger partial charge in [-0.1, -0.05) is 133 Å². The lowest BCUT2D eigenvalue weighted by molar-refractivity contribution is -0.156. The first-order valence-corrected chi connectivity index (χ1v) is 23.8. The summed E-state index contributed by atoms with van der Waals surface area (Å²) in [7, 11) is -2.97. The Morgan fingerprint density at radius 3 is 1.83 bits per heavy atom. The van der Waals surface area contributed by atoms with Gasteiger partial charge in [-0.25, -0.2) is 0 Å². The Balaban J connectivity index is 1.61. The summed E-state index contributed by atoms with van der Waals surface area (Å²) in [6.07, 6.45) is 4.20. The summed E-state index contributed by atoms with van der Waals surface area (Å²) in [4.78, 5) is 0. The lowest BCUT2D eigenvalue weighted by Crippen LogP contribution is -2.66. The maximum Gasteiger partial charge on any atom is 0.261 e. The van der Waals surface area contributed by atoms with Gasteiger partial charge in [0.15, 0.2) is 14.1 Å². The van der Waals surface area contributed by atoms with Crippen LogP contribution in [0, 0.1) is 5.92 Å². The third-order valence-electron chi connectivity index (χ3n) is 10.9. The van der Waals surface area contributed by atoms with Crippen molar-refractivity contribution in [2.75, 3.05) is 13.7 Å². The molecule has 0 aromatic heterocycles. The largest absolute Gasteiger partial charge is 0.497 e. The molecule has 0 N–H and O–H groups in total. The zero-order chi connectivity index (χ0) is 38.4. The van der Waals surface area contributed by atoms with E-state index in [4.69, 9.17) is 27.8 Å². The Kier molecular flexibility index (Phi) is 14.0. The van der Waals surface area contributed by atoms with Crippen molar-refractivity contribution in [2.24, 2.45) is 5.92 Å². The highest BCUT2D eigenvalue weighted by atomic mass is 28.4. The van der Waals surface area contributed by atoms with Crippen LogP contribution in [-0.2, 0) is 29.7 Å². The van der Waals surface area contributed by atoms with Gasteiger partial charge in [0.1, 0.15) is 18.0 Å². The smallest absolute Gasteiger partial charge is 0.261 e. The zero-order valence-corrected chi connectivity index (χ0v) is 36.2. The van der Waals surface area contributed by atoms with Crippen LogP contribution in [0.1, 0.15) is 81.2 Å². The fraction of sp³-hybridized carbons (Fsp3) is 0.545. The number of methoxy groups -OCH3 is 1. The van der Waals surface area contributed by atoms with Gasteiger partial charge in [-0.15, -0.1) is 0 Å². The Bertz CT molecular complexity index is 1500. The van der Waals surface area contributed by atoms with E-state index in [2.05, 4.69) is 141 Å². The van der Waals surface area contributed by atoms with Gasteiger partial charge >= 0.3 is 0 Å². The first-order chi connectivity index (χ1) is 24.3. The summed E-state index contributed by atoms with van der Waals surface area (Å²) < 4.78 is 39.6. The van der Waals surface area contributed by atoms with E-state index in [1.54, 1.807) is 7.11 Å². The Labute approximate surface area is 317 Å². The van der Waals surface area contributed by atoms with E-state index < -0.39 is 22.4 Å². The molecule has 1 aliphatic rings. The molecule has 52 heavy (non-hydrogen) atoms. The van der Waals surface area contributed by atoms with E-state index >= 15 is 0 Å². The van der Waals surface area contributed by atoms with Gasteiger partial charge in [-0.05, 0) is 84.4 Å². The van der Waals surface area contributed by atoms with Gasteiger partial charge in [0.25, 0.3) is 8.32 Å². The van der Waals surface area contributed by atoms with Gasteiger partial charge in [0.2, 0.25) is 0 Å². The Morgan fingerprint density at radius 1 is 0.769 bits per heavy atom. The average molecular weight is 747 g/mol. The van der Waals surface area contributed by atoms with Crippen molar-refractivity contribution < 1.29 is 27.8 Å². The number of rotatable bonds is 16. The molecule has 0 saturated carbocycles. The molecule has 4 rings (SSSR count). The summed E-state index contributed by atoms with van der Waals surface area (Å²) >= 11 is 0. The molecule has 1 aliphatic heterocycles. The topological polar surface area (TPSA) is 55.4 Å². The number of benzene rings is 3. The fourth-order valence-corrected chi connectivity index (χ4v) is 12.9. The molecular weight excluding hydrogens is 681 g/mol. The number of ether oxygens (including phenoxy) is 4. The van der Waals surface area contributed by atoms with Crippen LogP contribution in [-0.4, -0.2) is 60.6 Å². The highest BCUT2D eigenvalue weighted by Gasteiger charge is 2.51. The standard InChI is InChI=1S/C44H66O6Si2/c1-33(34(2)50-51(12,13)42(3,4)5)24-29-39(46-32-35-25-27-36(45-11)28-26-35)41-40(48-44(9,10)49-41)30-31-47-52(43(6,7)8,37-20-16-14-17-21-37)38-22-18-15-19-23-38/h14-29,33-34,39-41H,30-32H2,1-13H3/b29-24-/t33-,34+,39?,40+,41-/m1/s1. The normalized spacial score (nSPS) is 20.2. The summed E-state index contributed by atoms with van der Waals surface area (Å²) in [5.41, 5.74) is 1.06. The molecule has 3 aromatic rings. The molecule has 0 spiro atoms. The maximum atomic E-state index is 7.30. The molecule has 1 saturated heterocycles. The van der Waals surface area contributed by atoms with Crippen LogP contribution in [0.4, 0.5) is 0 Å². The van der Waals surface area contributed by atoms with Crippen molar-refractivity contribution in [1.29, 1.82) is 0 Å². The minimum atomic E-state index is -2.71. The molecular formula is C44H66O6Si2. The van der Waals surface area contributed by atoms with E-state index in [1.165, 1.54) is 10.4 Å². The minimum Gasteiger partial charge on any atom is -0.497 e. The molecule has 5 atom stereocenters. The fourth-order valence-electron chi connectivity index (χ4n) is 6.82. The van der Waals surface area contributed by atoms with Crippen LogP contribution in [0.3, 0.4) is 0 Å². The second-order valence-electron chi connectivity index (χ2n) is 17.4. The van der Waals surface area contributed by atoms with Crippen molar-refractivity contribution in [2.45, 2.75) is 136 Å². The maximum absolute atomic E-state index is 7.30. The Hall–Kier alpha value is -2.57. The van der Waals surface area contributed by atoms with E-state index in [-0.39, 0.29) is 40.4 Å². The van der Waals surface area contributed by atoms with Crippen LogP contribution in [0.2, 0.25) is 23.2 Å². The lowest BCUT2D eigenvalue weighted by Gasteiger charge is -2.43. The molecule has 1 unspecified atom stereocenters. The van der Waals surface area contributed by atoms with E-state index in [1.807, 2.05) is 38.1 Å². The molecule has 1 fully saturated rings. The van der Waals surface area contributed by atoms with Crippen molar-refractivity contribution in [3.63, 3.8) is 0 Å². The Morgan fingerprint density at radius 2 is 1.33 bits per heavy atom. The summed E-state index contributed by atoms with van der Waals surface area (Å²) in [5.74, 6) is 0.223. The summed E-state index contributed by atoms with van der Waals surface area (Å²) in [5, 5.41) is 2.55. The minimum absolute atomic E-state index is 0.0622. The van der Waals surface area contributed by atoms with Crippen molar-refractivity contribution in [1.82, 2.24) is 0 Å². The average Bonchev–Trinajstić information content (AvgIpc) is 3.39. The zero-order valence-electron chi connectivity index (χ0n) is 34.2. The van der Waals surface area contributed by atoms with Crippen molar-refractivity contribution >= 4 is 27.0 Å². The molecule has 8 heteroatoms. The number of hydrogen-bond acceptors (Lipinski definition) is 6. The van der Waals surface area contributed by atoms with Crippen LogP contribution in [0.15, 0.2) is 97.1 Å². The highest BCUT2D eigenvalue weighted by molar-refractivity contribution is 6.99. The van der Waals surface area contributed by atoms with E-state index in [0.717, 1.165) is 11.3 Å². The second kappa shape index (κ2) is 17.3. The number of hydrogen-bond donors (Lipinski definition) is 0. The van der Waals surface area contributed by atoms with Crippen LogP contribution >= 0.6 is 0 Å². The molecule has 286 valence electrons. The van der Waals surface area contributed by atoms with Crippen LogP contribution < -0.4 is 15.1 Å². The second-order valence-corrected chi connectivity index (χ2v) is 26.5. The SMILES string of the molecule is COc1ccc(COC(/C=C\[C@@H](C)[C@H](C)O[Si](C)(C)C(C)(C)C)[C@H]2OC(C)(C)O[C@H]2CCO[Si](c2ccccc2)(c2ccccc2)C(C)(C)C)cc1. The first kappa shape index (κ1) is 42.2. The summed E-state index contributed by atoms with van der Waals surface area (Å²) in [6, 6.07) is 29.6. The van der Waals surface area contributed by atoms with Gasteiger partial charge < -0.3 is 27.8 Å². The molecule has 6 nitrogen and oxygen atoms in total. The predicted molar refractivity (Wildman–Crippen MR) is 220 cm³/mol. The molecule has 0 amide bonds. The summed E-state index contributed by atoms with van der Waals surface area (Å²) in [6.45, 7) is 27.7.